The van der Waals surface area contributed by atoms with Crippen LogP contribution in [0.3, 0.4) is 0 Å². The van der Waals surface area contributed by atoms with Gasteiger partial charge in [-0.2, -0.15) is 4.91 Å². The molecule has 0 saturated carbocycles. The lowest BCUT2D eigenvalue weighted by atomic mass is 10.0. The Kier molecular flexibility index (Phi) is 4.08. The van der Waals surface area contributed by atoms with Gasteiger partial charge in [0.15, 0.2) is 0 Å². The number of nitrogens with zero attached hydrogens (tertiary/aromatic N) is 2. The van der Waals surface area contributed by atoms with Crippen LogP contribution < -0.4 is 5.32 Å². The van der Waals surface area contributed by atoms with E-state index in [2.05, 4.69) is 20.5 Å². The molecule has 0 bridgehead atoms. The molecule has 1 aliphatic heterocycles. The van der Waals surface area contributed by atoms with Gasteiger partial charge in [-0.3, -0.25) is 9.78 Å². The number of nitrogens with one attached hydrogen (secondary N) is 2. The molecule has 6 heteroatoms. The number of H-pyrrole nitrogens is 1. The van der Waals surface area contributed by atoms with E-state index in [9.17, 15) is 9.70 Å². The van der Waals surface area contributed by atoms with E-state index < -0.39 is 0 Å². The Balaban J connectivity index is 1.67. The molecule has 0 saturated heterocycles. The monoisotopic (exact) mass is 346 g/mol. The maximum Gasteiger partial charge on any atom is 0.253 e. The molecule has 6 nitrogen and oxygen atoms in total. The second-order valence-electron chi connectivity index (χ2n) is 6.41. The molecule has 0 radical (unpaired) electrons. The highest BCUT2D eigenvalue weighted by atomic mass is 16.3. The summed E-state index contributed by atoms with van der Waals surface area (Å²) in [5.74, 6) is -0.0310. The SMILES string of the molecule is CC(N=O)c1ccc(-c2cc(-c3cc4c([nH]3)CCNC4=O)ccn2)cc1. The first kappa shape index (κ1) is 16.2. The van der Waals surface area contributed by atoms with Crippen molar-refractivity contribution in [3.63, 3.8) is 0 Å². The van der Waals surface area contributed by atoms with Gasteiger partial charge in [0.2, 0.25) is 0 Å². The fraction of sp³-hybridized carbons (Fsp3) is 0.200. The molecular weight excluding hydrogens is 328 g/mol. The molecule has 2 N–H and O–H groups in total. The van der Waals surface area contributed by atoms with Crippen LogP contribution in [-0.2, 0) is 6.42 Å². The van der Waals surface area contributed by atoms with E-state index in [0.717, 1.165) is 40.2 Å². The number of carbonyl (C=O) groups is 1. The topological polar surface area (TPSA) is 87.2 Å². The number of hydrogen-bond donors (Lipinski definition) is 2. The number of rotatable bonds is 4. The summed E-state index contributed by atoms with van der Waals surface area (Å²) in [6.45, 7) is 2.43. The summed E-state index contributed by atoms with van der Waals surface area (Å²) in [6, 6.07) is 13.1. The van der Waals surface area contributed by atoms with E-state index in [4.69, 9.17) is 0 Å². The first-order valence-corrected chi connectivity index (χ1v) is 8.55. The zero-order valence-electron chi connectivity index (χ0n) is 14.3. The van der Waals surface area contributed by atoms with Crippen molar-refractivity contribution < 1.29 is 4.79 Å². The third-order valence-electron chi connectivity index (χ3n) is 4.72. The van der Waals surface area contributed by atoms with Crippen molar-refractivity contribution in [1.82, 2.24) is 15.3 Å². The second-order valence-corrected chi connectivity index (χ2v) is 6.41. The first-order valence-electron chi connectivity index (χ1n) is 8.55. The van der Waals surface area contributed by atoms with Gasteiger partial charge >= 0.3 is 0 Å². The smallest absolute Gasteiger partial charge is 0.253 e. The Bertz CT molecular complexity index is 976. The van der Waals surface area contributed by atoms with Crippen LogP contribution >= 0.6 is 0 Å². The predicted octanol–water partition coefficient (Wildman–Crippen LogP) is 3.86. The van der Waals surface area contributed by atoms with Gasteiger partial charge in [-0.1, -0.05) is 29.4 Å². The predicted molar refractivity (Wildman–Crippen MR) is 99.7 cm³/mol. The largest absolute Gasteiger partial charge is 0.358 e. The van der Waals surface area contributed by atoms with Crippen molar-refractivity contribution in [3.05, 3.63) is 70.4 Å². The number of nitroso groups, excluding NO2 is 1. The van der Waals surface area contributed by atoms with Crippen LogP contribution in [0.1, 0.15) is 34.6 Å². The average Bonchev–Trinajstić information content (AvgIpc) is 3.13. The van der Waals surface area contributed by atoms with Gasteiger partial charge in [0.1, 0.15) is 6.04 Å². The quantitative estimate of drug-likeness (QED) is 0.703. The van der Waals surface area contributed by atoms with E-state index in [1.165, 1.54) is 0 Å². The lowest BCUT2D eigenvalue weighted by Gasteiger charge is -2.11. The number of pyridine rings is 1. The Morgan fingerprint density at radius 1 is 1.12 bits per heavy atom. The van der Waals surface area contributed by atoms with Gasteiger partial charge in [-0.15, -0.1) is 0 Å². The fourth-order valence-electron chi connectivity index (χ4n) is 3.20. The van der Waals surface area contributed by atoms with E-state index >= 15 is 0 Å². The molecule has 0 aliphatic carbocycles. The number of aromatic nitrogens is 2. The molecule has 1 unspecified atom stereocenters. The minimum Gasteiger partial charge on any atom is -0.358 e. The van der Waals surface area contributed by atoms with Gasteiger partial charge in [0, 0.05) is 41.7 Å². The van der Waals surface area contributed by atoms with E-state index in [-0.39, 0.29) is 11.9 Å². The van der Waals surface area contributed by atoms with Crippen molar-refractivity contribution in [3.8, 4) is 22.5 Å². The molecule has 130 valence electrons. The summed E-state index contributed by atoms with van der Waals surface area (Å²) >= 11 is 0. The first-order chi connectivity index (χ1) is 12.7. The third-order valence-corrected chi connectivity index (χ3v) is 4.72. The molecule has 1 amide bonds. The maximum atomic E-state index is 12.0. The van der Waals surface area contributed by atoms with Gasteiger partial charge in [-0.05, 0) is 30.7 Å². The molecule has 3 aromatic rings. The van der Waals surface area contributed by atoms with Crippen molar-refractivity contribution in [1.29, 1.82) is 0 Å². The Labute approximate surface area is 150 Å². The molecule has 0 fully saturated rings. The van der Waals surface area contributed by atoms with Crippen molar-refractivity contribution in [2.24, 2.45) is 5.18 Å². The van der Waals surface area contributed by atoms with Crippen LogP contribution in [0.2, 0.25) is 0 Å². The molecule has 26 heavy (non-hydrogen) atoms. The molecule has 0 spiro atoms. The highest BCUT2D eigenvalue weighted by molar-refractivity contribution is 5.97. The van der Waals surface area contributed by atoms with Crippen LogP contribution in [0.25, 0.3) is 22.5 Å². The lowest BCUT2D eigenvalue weighted by Crippen LogP contribution is -2.31. The van der Waals surface area contributed by atoms with Gasteiger partial charge in [0.05, 0.1) is 11.3 Å². The van der Waals surface area contributed by atoms with Crippen LogP contribution in [0.5, 0.6) is 0 Å². The van der Waals surface area contributed by atoms with Gasteiger partial charge < -0.3 is 10.3 Å². The number of aromatic amines is 1. The molecule has 1 aliphatic rings. The Morgan fingerprint density at radius 3 is 2.65 bits per heavy atom. The minimum absolute atomic E-state index is 0.0310. The highest BCUT2D eigenvalue weighted by Gasteiger charge is 2.20. The normalized spacial score (nSPS) is 14.4. The molecule has 4 rings (SSSR count). The molecular formula is C20H18N4O2. The molecule has 2 aromatic heterocycles. The standard InChI is InChI=1S/C20H18N4O2/c1-12(24-26)13-2-4-14(5-3-13)18-10-15(6-8-21-18)19-11-16-17(23-19)7-9-22-20(16)25/h2-6,8,10-12,23H,7,9H2,1H3,(H,22,25). The van der Waals surface area contributed by atoms with Crippen molar-refractivity contribution >= 4 is 5.91 Å². The Morgan fingerprint density at radius 2 is 1.92 bits per heavy atom. The van der Waals surface area contributed by atoms with Crippen LogP contribution in [0, 0.1) is 4.91 Å². The molecule has 1 atom stereocenters. The fourth-order valence-corrected chi connectivity index (χ4v) is 3.20. The third kappa shape index (κ3) is 2.90. The average molecular weight is 346 g/mol. The number of benzene rings is 1. The van der Waals surface area contributed by atoms with Crippen LogP contribution in [-0.4, -0.2) is 22.4 Å². The number of fused-ring (bicyclic) bond motifs is 1. The minimum atomic E-state index is -0.361. The number of hydrogen-bond acceptors (Lipinski definition) is 4. The van der Waals surface area contributed by atoms with Crippen molar-refractivity contribution in [2.75, 3.05) is 6.54 Å². The van der Waals surface area contributed by atoms with Crippen LogP contribution in [0.4, 0.5) is 0 Å². The molecule has 1 aromatic carbocycles. The summed E-state index contributed by atoms with van der Waals surface area (Å²) in [4.78, 5) is 30.4. The van der Waals surface area contributed by atoms with Crippen molar-refractivity contribution in [2.45, 2.75) is 19.4 Å². The number of carbonyl (C=O) groups excluding carboxylic acids is 1. The number of amides is 1. The molecule has 3 heterocycles. The van der Waals surface area contributed by atoms with E-state index in [0.29, 0.717) is 12.1 Å². The summed E-state index contributed by atoms with van der Waals surface area (Å²) in [5.41, 5.74) is 6.24. The summed E-state index contributed by atoms with van der Waals surface area (Å²) in [7, 11) is 0. The lowest BCUT2D eigenvalue weighted by molar-refractivity contribution is 0.0946. The highest BCUT2D eigenvalue weighted by Crippen LogP contribution is 2.28. The summed E-state index contributed by atoms with van der Waals surface area (Å²) in [5, 5.41) is 5.91. The second kappa shape index (κ2) is 6.55. The Hall–Kier alpha value is -3.28. The van der Waals surface area contributed by atoms with E-state index in [1.54, 1.807) is 13.1 Å². The van der Waals surface area contributed by atoms with Crippen LogP contribution in [0.15, 0.2) is 53.8 Å². The zero-order valence-corrected chi connectivity index (χ0v) is 14.3. The van der Waals surface area contributed by atoms with Gasteiger partial charge in [0.25, 0.3) is 5.91 Å². The summed E-state index contributed by atoms with van der Waals surface area (Å²) < 4.78 is 0. The summed E-state index contributed by atoms with van der Waals surface area (Å²) in [6.07, 6.45) is 2.57. The van der Waals surface area contributed by atoms with E-state index in [1.807, 2.05) is 42.5 Å². The maximum absolute atomic E-state index is 12.0. The van der Waals surface area contributed by atoms with Gasteiger partial charge in [-0.25, -0.2) is 0 Å². The zero-order chi connectivity index (χ0) is 18.1.